The number of carbonyl (C=O) groups excluding carboxylic acids is 1. The van der Waals surface area contributed by atoms with Gasteiger partial charge in [-0.1, -0.05) is 56.5 Å². The zero-order valence-corrected chi connectivity index (χ0v) is 20.9. The lowest BCUT2D eigenvalue weighted by molar-refractivity contribution is -0.387. The van der Waals surface area contributed by atoms with Crippen LogP contribution in [0.1, 0.15) is 56.6 Å². The van der Waals surface area contributed by atoms with Gasteiger partial charge < -0.3 is 9.80 Å². The summed E-state index contributed by atoms with van der Waals surface area (Å²) < 4.78 is 0. The Kier molecular flexibility index (Phi) is 7.73. The molecule has 6 nitrogen and oxygen atoms in total. The highest BCUT2D eigenvalue weighted by atomic mass is 32.2. The van der Waals surface area contributed by atoms with Gasteiger partial charge in [0, 0.05) is 35.7 Å². The van der Waals surface area contributed by atoms with Crippen LogP contribution in [-0.4, -0.2) is 52.9 Å². The fraction of sp³-hybridized carbons (Fsp3) is 0.444. The summed E-state index contributed by atoms with van der Waals surface area (Å²) in [7, 11) is 0. The lowest BCUT2D eigenvalue weighted by Crippen LogP contribution is -2.46. The molecular weight excluding hydrogens is 446 g/mol. The van der Waals surface area contributed by atoms with Gasteiger partial charge in [0.2, 0.25) is 0 Å². The average Bonchev–Trinajstić information content (AvgIpc) is 3.38. The van der Waals surface area contributed by atoms with Gasteiger partial charge in [0.25, 0.3) is 11.6 Å². The molecule has 1 amide bonds. The van der Waals surface area contributed by atoms with Crippen molar-refractivity contribution < 1.29 is 9.72 Å². The third-order valence-corrected chi connectivity index (χ3v) is 8.09. The van der Waals surface area contributed by atoms with Gasteiger partial charge >= 0.3 is 0 Å². The number of amides is 1. The minimum atomic E-state index is -0.372. The summed E-state index contributed by atoms with van der Waals surface area (Å²) in [6.07, 6.45) is 4.49. The lowest BCUT2D eigenvalue weighted by atomic mass is 10.0. The zero-order valence-electron chi connectivity index (χ0n) is 20.0. The van der Waals surface area contributed by atoms with Crippen molar-refractivity contribution in [1.82, 2.24) is 9.80 Å². The number of nitro groups is 1. The van der Waals surface area contributed by atoms with Crippen LogP contribution in [0, 0.1) is 10.1 Å². The van der Waals surface area contributed by atoms with Crippen molar-refractivity contribution in [3.63, 3.8) is 0 Å². The Morgan fingerprint density at radius 2 is 1.74 bits per heavy atom. The van der Waals surface area contributed by atoms with E-state index in [4.69, 9.17) is 0 Å². The van der Waals surface area contributed by atoms with Crippen molar-refractivity contribution in [2.45, 2.75) is 61.3 Å². The van der Waals surface area contributed by atoms with E-state index in [9.17, 15) is 14.9 Å². The maximum absolute atomic E-state index is 13.1. The molecule has 0 spiro atoms. The van der Waals surface area contributed by atoms with E-state index >= 15 is 0 Å². The number of nitro benzene ring substituents is 1. The van der Waals surface area contributed by atoms with Crippen LogP contribution in [0.25, 0.3) is 5.57 Å². The lowest BCUT2D eigenvalue weighted by Gasteiger charge is -2.37. The van der Waals surface area contributed by atoms with E-state index in [-0.39, 0.29) is 16.5 Å². The van der Waals surface area contributed by atoms with Crippen LogP contribution in [0.2, 0.25) is 0 Å². The minimum absolute atomic E-state index is 0.00255. The number of carbonyl (C=O) groups is 1. The fourth-order valence-electron chi connectivity index (χ4n) is 4.96. The second kappa shape index (κ2) is 10.7. The summed E-state index contributed by atoms with van der Waals surface area (Å²) in [5.41, 5.74) is 1.99. The molecule has 2 fully saturated rings. The Morgan fingerprint density at radius 1 is 1.06 bits per heavy atom. The third-order valence-electron chi connectivity index (χ3n) is 6.93. The number of hydrogen-bond acceptors (Lipinski definition) is 5. The van der Waals surface area contributed by atoms with E-state index in [2.05, 4.69) is 31.4 Å². The Bertz CT molecular complexity index is 1070. The average molecular weight is 480 g/mol. The normalized spacial score (nSPS) is 17.3. The van der Waals surface area contributed by atoms with Gasteiger partial charge in [-0.25, -0.2) is 0 Å². The summed E-state index contributed by atoms with van der Waals surface area (Å²) in [6.45, 7) is 12.0. The van der Waals surface area contributed by atoms with Gasteiger partial charge in [0.1, 0.15) is 0 Å². The van der Waals surface area contributed by atoms with Gasteiger partial charge in [-0.2, -0.15) is 0 Å². The highest BCUT2D eigenvalue weighted by Crippen LogP contribution is 2.39. The first kappa shape index (κ1) is 24.5. The van der Waals surface area contributed by atoms with Crippen molar-refractivity contribution in [1.29, 1.82) is 0 Å². The Labute approximate surface area is 206 Å². The van der Waals surface area contributed by atoms with Crippen LogP contribution in [0.5, 0.6) is 0 Å². The topological polar surface area (TPSA) is 66.7 Å². The highest BCUT2D eigenvalue weighted by Gasteiger charge is 2.30. The third kappa shape index (κ3) is 5.36. The molecule has 2 aliphatic heterocycles. The molecule has 2 aromatic carbocycles. The first-order valence-electron chi connectivity index (χ1n) is 12.1. The largest absolute Gasteiger partial charge is 0.339 e. The van der Waals surface area contributed by atoms with Crippen molar-refractivity contribution in [3.05, 3.63) is 70.3 Å². The molecule has 0 N–H and O–H groups in total. The molecule has 0 saturated carbocycles. The molecule has 0 aliphatic carbocycles. The molecular formula is C27H33N3O3S. The summed E-state index contributed by atoms with van der Waals surface area (Å²) in [6, 6.07) is 13.6. The van der Waals surface area contributed by atoms with Crippen LogP contribution in [0.15, 0.2) is 58.8 Å². The molecule has 34 heavy (non-hydrogen) atoms. The van der Waals surface area contributed by atoms with Crippen molar-refractivity contribution >= 4 is 28.9 Å². The second-order valence-corrected chi connectivity index (χ2v) is 10.6. The molecule has 7 heteroatoms. The molecule has 180 valence electrons. The standard InChI is InChI=1S/C27H33N3O3S/c1-19(2)23-8-4-5-9-25(23)34-26-11-10-21(18-24(26)30(32)33)20(3)27(31)29-16-12-22(13-17-29)28-14-6-7-15-28/h4-5,8-11,18-19,22H,3,6-7,12-17H2,1-2H3. The molecule has 2 aromatic rings. The van der Waals surface area contributed by atoms with Crippen molar-refractivity contribution in [2.24, 2.45) is 0 Å². The smallest absolute Gasteiger partial charge is 0.283 e. The number of hydrogen-bond donors (Lipinski definition) is 0. The molecule has 2 aliphatic rings. The number of benzene rings is 2. The van der Waals surface area contributed by atoms with Gasteiger partial charge in [-0.15, -0.1) is 0 Å². The van der Waals surface area contributed by atoms with Gasteiger partial charge in [0.15, 0.2) is 0 Å². The summed E-state index contributed by atoms with van der Waals surface area (Å²) in [5.74, 6) is 0.189. The summed E-state index contributed by atoms with van der Waals surface area (Å²) in [5, 5.41) is 11.9. The highest BCUT2D eigenvalue weighted by molar-refractivity contribution is 7.99. The van der Waals surface area contributed by atoms with E-state index in [1.54, 1.807) is 12.1 Å². The quantitative estimate of drug-likeness (QED) is 0.278. The van der Waals surface area contributed by atoms with Crippen LogP contribution >= 0.6 is 11.8 Å². The second-order valence-electron chi connectivity index (χ2n) is 9.48. The molecule has 2 heterocycles. The molecule has 4 rings (SSSR count). The monoisotopic (exact) mass is 479 g/mol. The van der Waals surface area contributed by atoms with Crippen LogP contribution in [0.3, 0.4) is 0 Å². The fourth-order valence-corrected chi connectivity index (χ4v) is 6.14. The first-order chi connectivity index (χ1) is 16.3. The van der Waals surface area contributed by atoms with E-state index in [1.807, 2.05) is 23.1 Å². The molecule has 0 atom stereocenters. The van der Waals surface area contributed by atoms with Gasteiger partial charge in [-0.3, -0.25) is 14.9 Å². The predicted octanol–water partition coefficient (Wildman–Crippen LogP) is 5.97. The number of rotatable bonds is 7. The number of nitrogens with zero attached hydrogens (tertiary/aromatic N) is 3. The van der Waals surface area contributed by atoms with Crippen LogP contribution in [0.4, 0.5) is 5.69 Å². The molecule has 0 bridgehead atoms. The van der Waals surface area contributed by atoms with Crippen molar-refractivity contribution in [2.75, 3.05) is 26.2 Å². The van der Waals surface area contributed by atoms with Gasteiger partial charge in [0.05, 0.1) is 9.82 Å². The molecule has 0 radical (unpaired) electrons. The summed E-state index contributed by atoms with van der Waals surface area (Å²) in [4.78, 5) is 30.6. The Balaban J connectivity index is 1.48. The predicted molar refractivity (Wildman–Crippen MR) is 137 cm³/mol. The van der Waals surface area contributed by atoms with E-state index in [1.165, 1.54) is 43.8 Å². The van der Waals surface area contributed by atoms with Gasteiger partial charge in [-0.05, 0) is 68.0 Å². The van der Waals surface area contributed by atoms with Crippen LogP contribution < -0.4 is 0 Å². The van der Waals surface area contributed by atoms with Crippen molar-refractivity contribution in [3.8, 4) is 0 Å². The minimum Gasteiger partial charge on any atom is -0.339 e. The van der Waals surface area contributed by atoms with Crippen LogP contribution in [-0.2, 0) is 4.79 Å². The zero-order chi connectivity index (χ0) is 24.2. The molecule has 0 aromatic heterocycles. The maximum atomic E-state index is 13.1. The number of likely N-dealkylation sites (tertiary alicyclic amines) is 2. The van der Waals surface area contributed by atoms with E-state index in [0.29, 0.717) is 41.1 Å². The Morgan fingerprint density at radius 3 is 2.38 bits per heavy atom. The Hall–Kier alpha value is -2.64. The molecule has 0 unspecified atom stereocenters. The van der Waals surface area contributed by atoms with E-state index in [0.717, 1.165) is 23.3 Å². The first-order valence-corrected chi connectivity index (χ1v) is 12.9. The maximum Gasteiger partial charge on any atom is 0.283 e. The molecule has 2 saturated heterocycles. The number of piperidine rings is 1. The van der Waals surface area contributed by atoms with E-state index < -0.39 is 0 Å². The summed E-state index contributed by atoms with van der Waals surface area (Å²) >= 11 is 1.40. The SMILES string of the molecule is C=C(C(=O)N1CCC(N2CCCC2)CC1)c1ccc(Sc2ccccc2C(C)C)c([N+](=O)[O-])c1.